The lowest BCUT2D eigenvalue weighted by Gasteiger charge is -2.21. The first kappa shape index (κ1) is 69.4. The van der Waals surface area contributed by atoms with Crippen LogP contribution >= 0.6 is 0 Å². The van der Waals surface area contributed by atoms with Crippen molar-refractivity contribution in [1.29, 1.82) is 0 Å². The van der Waals surface area contributed by atoms with Crippen LogP contribution < -0.4 is 0 Å². The monoisotopic (exact) mass is 1600 g/mol. The van der Waals surface area contributed by atoms with E-state index < -0.39 is 0 Å². The molecule has 0 spiro atoms. The normalized spacial score (nSPS) is 12.8. The molecule has 8 heteroatoms. The van der Waals surface area contributed by atoms with Gasteiger partial charge >= 0.3 is 0 Å². The molecule has 8 aromatic heterocycles. The molecule has 0 bridgehead atoms. The minimum atomic E-state index is -0.0275. The zero-order valence-electron chi connectivity index (χ0n) is 67.9. The van der Waals surface area contributed by atoms with Crippen LogP contribution in [0.5, 0.6) is 0 Å². The van der Waals surface area contributed by atoms with Gasteiger partial charge in [-0.05, 0) is 153 Å². The Morgan fingerprint density at radius 3 is 0.992 bits per heavy atom. The van der Waals surface area contributed by atoms with Gasteiger partial charge in [0.15, 0.2) is 5.58 Å². The molecule has 125 heavy (non-hydrogen) atoms. The van der Waals surface area contributed by atoms with Crippen LogP contribution in [0.25, 0.3) is 258 Å². The lowest BCUT2D eigenvalue weighted by Crippen LogP contribution is -2.14. The molecule has 28 aromatic rings. The summed E-state index contributed by atoms with van der Waals surface area (Å²) in [5, 5.41) is 26.4. The maximum absolute atomic E-state index is 6.50. The maximum Gasteiger partial charge on any atom is 0.159 e. The van der Waals surface area contributed by atoms with Gasteiger partial charge in [-0.3, -0.25) is 0 Å². The fraction of sp³-hybridized carbons (Fsp3) is 0.0256. The number of para-hydroxylation sites is 11. The largest absolute Gasteiger partial charge is 0.456 e. The van der Waals surface area contributed by atoms with Crippen molar-refractivity contribution >= 4 is 207 Å². The van der Waals surface area contributed by atoms with Crippen LogP contribution in [0.2, 0.25) is 0 Å². The minimum absolute atomic E-state index is 0.0275. The second-order valence-corrected chi connectivity index (χ2v) is 33.9. The lowest BCUT2D eigenvalue weighted by atomic mass is 9.82. The average Bonchev–Trinajstić information content (AvgIpc) is 1.61. The number of hydrogen-bond acceptors (Lipinski definition) is 5. The summed E-state index contributed by atoms with van der Waals surface area (Å²) in [4.78, 5) is 0. The fourth-order valence-corrected chi connectivity index (χ4v) is 21.5. The average molecular weight is 1600 g/mol. The molecule has 0 aliphatic heterocycles. The molecule has 0 amide bonds. The number of furan rings is 5. The molecule has 0 atom stereocenters. The second-order valence-electron chi connectivity index (χ2n) is 33.9. The maximum atomic E-state index is 6.50. The lowest BCUT2D eigenvalue weighted by molar-refractivity contribution is 0.661. The zero-order chi connectivity index (χ0) is 82.0. The Morgan fingerprint density at radius 1 is 0.192 bits per heavy atom. The van der Waals surface area contributed by atoms with Gasteiger partial charge in [0.25, 0.3) is 0 Å². The predicted octanol–water partition coefficient (Wildman–Crippen LogP) is 32.9. The van der Waals surface area contributed by atoms with Gasteiger partial charge in [-0.2, -0.15) is 0 Å². The first-order valence-corrected chi connectivity index (χ1v) is 42.8. The molecule has 0 radical (unpaired) electrons. The Labute approximate surface area is 713 Å². The number of nitrogens with zero attached hydrogens (tertiary/aromatic N) is 3. The summed E-state index contributed by atoms with van der Waals surface area (Å²) in [5.41, 5.74) is 29.7. The van der Waals surface area contributed by atoms with E-state index >= 15 is 0 Å². The Hall–Kier alpha value is -16.4. The third-order valence-electron chi connectivity index (χ3n) is 27.0. The molecule has 0 fully saturated rings. The summed E-state index contributed by atoms with van der Waals surface area (Å²) < 4.78 is 38.9. The van der Waals surface area contributed by atoms with Crippen molar-refractivity contribution < 1.29 is 22.1 Å². The highest BCUT2D eigenvalue weighted by atomic mass is 16.3. The summed E-state index contributed by atoms with van der Waals surface area (Å²) in [6.07, 6.45) is 0. The van der Waals surface area contributed by atoms with E-state index in [2.05, 4.69) is 361 Å². The smallest absolute Gasteiger partial charge is 0.159 e. The van der Waals surface area contributed by atoms with Crippen molar-refractivity contribution in [2.75, 3.05) is 0 Å². The van der Waals surface area contributed by atoms with Gasteiger partial charge in [0.1, 0.15) is 50.2 Å². The standard InChI is InChI=1S/C43H29NO.C40H23NO2.C34H19NO2/c1-43(2)36-15-6-3-12-35(36)40-31-22-23-32-29-10-4-7-16-38(29)44(41(32)33(31)24-25-37(40)43)27-20-18-26(19-21-27)28-13-9-14-34-30-11-5-8-17-39(30)45-42(28)34;1-4-13-34-27(8-1)30-21-20-29-31(22-23-37-38(29)33-10-3-6-15-36(33)42-37)39(30)41(34)25-18-16-24(17-19-25)26-11-7-12-32-28-9-2-5-14-35(28)43-40(26)32;1-4-12-27-20(8-1)23-17-16-22-24(18-19-31-32(22)26-10-3-6-15-30(26)36-31)33(23)35(27)28-13-7-11-25-21-9-2-5-14-29(21)37-34(25)28/h3-25H,1-2H3;1-23H;1-19H. The van der Waals surface area contributed by atoms with Crippen LogP contribution in [-0.4, -0.2) is 13.7 Å². The van der Waals surface area contributed by atoms with Crippen LogP contribution in [-0.2, 0) is 5.41 Å². The summed E-state index contributed by atoms with van der Waals surface area (Å²) in [5.74, 6) is 0. The summed E-state index contributed by atoms with van der Waals surface area (Å²) in [7, 11) is 0. The van der Waals surface area contributed by atoms with Crippen molar-refractivity contribution in [2.24, 2.45) is 0 Å². The van der Waals surface area contributed by atoms with E-state index in [-0.39, 0.29) is 5.41 Å². The summed E-state index contributed by atoms with van der Waals surface area (Å²) in [6, 6.07) is 141. The van der Waals surface area contributed by atoms with Gasteiger partial charge in [-0.1, -0.05) is 305 Å². The van der Waals surface area contributed by atoms with E-state index in [0.29, 0.717) is 0 Å². The quantitative estimate of drug-likeness (QED) is 0.172. The highest BCUT2D eigenvalue weighted by Crippen LogP contribution is 2.54. The highest BCUT2D eigenvalue weighted by molar-refractivity contribution is 6.30. The molecule has 1 aliphatic carbocycles. The highest BCUT2D eigenvalue weighted by Gasteiger charge is 2.37. The van der Waals surface area contributed by atoms with Crippen molar-refractivity contribution in [3.63, 3.8) is 0 Å². The first-order valence-electron chi connectivity index (χ1n) is 42.8. The molecular formula is C117H71N3O5. The number of fused-ring (bicyclic) bond motifs is 36. The molecule has 0 saturated heterocycles. The Morgan fingerprint density at radius 2 is 0.512 bits per heavy atom. The molecule has 0 N–H and O–H groups in total. The molecule has 0 unspecified atom stereocenters. The van der Waals surface area contributed by atoms with Gasteiger partial charge in [0.05, 0.1) is 38.8 Å². The molecule has 0 saturated carbocycles. The minimum Gasteiger partial charge on any atom is -0.456 e. The van der Waals surface area contributed by atoms with Crippen LogP contribution in [0.3, 0.4) is 0 Å². The molecule has 584 valence electrons. The van der Waals surface area contributed by atoms with E-state index in [9.17, 15) is 0 Å². The molecule has 20 aromatic carbocycles. The Kier molecular flexibility index (Phi) is 14.6. The molecule has 1 aliphatic rings. The fourth-order valence-electron chi connectivity index (χ4n) is 21.5. The Balaban J connectivity index is 0.0000000982. The van der Waals surface area contributed by atoms with Crippen molar-refractivity contribution in [3.05, 3.63) is 405 Å². The first-order chi connectivity index (χ1) is 61.8. The summed E-state index contributed by atoms with van der Waals surface area (Å²) >= 11 is 0. The van der Waals surface area contributed by atoms with Crippen molar-refractivity contribution in [2.45, 2.75) is 19.3 Å². The van der Waals surface area contributed by atoms with Gasteiger partial charge in [-0.25, -0.2) is 0 Å². The van der Waals surface area contributed by atoms with Gasteiger partial charge in [-0.15, -0.1) is 0 Å². The third kappa shape index (κ3) is 9.98. The SMILES string of the molecule is CC1(C)c2ccccc2-c2c1ccc1c2ccc2c3ccccc3n(-c3ccc(-c4cccc5c4oc4ccccc45)cc3)c12.c1ccc2c(c1)oc1c(-c3ccc(-n4c5ccccc5c5ccc6c(ccc7oc8ccccc8c76)c54)cc3)cccc12.c1ccc2c(c1)oc1c(-n3c4ccccc4c4ccc5c(ccc6oc7ccccc7c65)c43)cccc12. The molecule has 29 rings (SSSR count). The van der Waals surface area contributed by atoms with Gasteiger partial charge < -0.3 is 35.8 Å². The number of benzene rings is 20. The van der Waals surface area contributed by atoms with Crippen LogP contribution in [0.15, 0.2) is 416 Å². The predicted molar refractivity (Wildman–Crippen MR) is 520 cm³/mol. The van der Waals surface area contributed by atoms with Crippen molar-refractivity contribution in [1.82, 2.24) is 13.7 Å². The van der Waals surface area contributed by atoms with E-state index in [1.165, 1.54) is 120 Å². The van der Waals surface area contributed by atoms with Gasteiger partial charge in [0.2, 0.25) is 0 Å². The Bertz CT molecular complexity index is 9480. The third-order valence-corrected chi connectivity index (χ3v) is 27.0. The van der Waals surface area contributed by atoms with E-state index in [4.69, 9.17) is 22.1 Å². The molecule has 8 heterocycles. The van der Waals surface area contributed by atoms with Crippen LogP contribution in [0.4, 0.5) is 0 Å². The van der Waals surface area contributed by atoms with Gasteiger partial charge in [0, 0.05) is 130 Å². The second kappa shape index (κ2) is 26.3. The zero-order valence-corrected chi connectivity index (χ0v) is 67.9. The van der Waals surface area contributed by atoms with E-state index in [0.717, 1.165) is 149 Å². The van der Waals surface area contributed by atoms with E-state index in [1.54, 1.807) is 0 Å². The topological polar surface area (TPSA) is 80.5 Å². The number of aromatic nitrogens is 3. The van der Waals surface area contributed by atoms with Crippen LogP contribution in [0.1, 0.15) is 25.0 Å². The van der Waals surface area contributed by atoms with Crippen LogP contribution in [0, 0.1) is 0 Å². The number of hydrogen-bond donors (Lipinski definition) is 0. The molecule has 8 nitrogen and oxygen atoms in total. The van der Waals surface area contributed by atoms with Crippen molar-refractivity contribution in [3.8, 4) is 50.4 Å². The number of rotatable bonds is 5. The van der Waals surface area contributed by atoms with E-state index in [1.807, 2.05) is 60.7 Å². The summed E-state index contributed by atoms with van der Waals surface area (Å²) in [6.45, 7) is 4.71. The molecular weight excluding hydrogens is 1530 g/mol.